The second-order valence-electron chi connectivity index (χ2n) is 6.46. The van der Waals surface area contributed by atoms with Gasteiger partial charge in [0, 0.05) is 16.8 Å². The van der Waals surface area contributed by atoms with Crippen molar-refractivity contribution >= 4 is 11.3 Å². The molecule has 0 fully saturated rings. The highest BCUT2D eigenvalue weighted by molar-refractivity contribution is 7.09. The Bertz CT molecular complexity index is 549. The minimum absolute atomic E-state index is 0.115. The van der Waals surface area contributed by atoms with Gasteiger partial charge in [-0.25, -0.2) is 4.98 Å². The van der Waals surface area contributed by atoms with Crippen LogP contribution in [0.15, 0.2) is 21.9 Å². The van der Waals surface area contributed by atoms with E-state index in [0.717, 1.165) is 35.2 Å². The van der Waals surface area contributed by atoms with Crippen molar-refractivity contribution in [1.82, 2.24) is 10.3 Å². The Labute approximate surface area is 125 Å². The molecule has 0 saturated carbocycles. The Morgan fingerprint density at radius 2 is 1.95 bits per heavy atom. The van der Waals surface area contributed by atoms with Crippen LogP contribution in [0.25, 0.3) is 0 Å². The fourth-order valence-electron chi connectivity index (χ4n) is 1.80. The summed E-state index contributed by atoms with van der Waals surface area (Å²) in [7, 11) is 0. The van der Waals surface area contributed by atoms with Crippen LogP contribution in [0.3, 0.4) is 0 Å². The van der Waals surface area contributed by atoms with E-state index in [1.165, 1.54) is 0 Å². The lowest BCUT2D eigenvalue weighted by Gasteiger charge is -2.14. The van der Waals surface area contributed by atoms with E-state index < -0.39 is 0 Å². The van der Waals surface area contributed by atoms with Crippen molar-refractivity contribution < 1.29 is 4.42 Å². The summed E-state index contributed by atoms with van der Waals surface area (Å²) in [4.78, 5) is 4.70. The van der Waals surface area contributed by atoms with Crippen LogP contribution < -0.4 is 5.32 Å². The zero-order valence-corrected chi connectivity index (χ0v) is 13.8. The molecule has 0 aliphatic heterocycles. The first-order valence-corrected chi connectivity index (χ1v) is 7.98. The lowest BCUT2D eigenvalue weighted by atomic mass is 9.93. The first-order valence-electron chi connectivity index (χ1n) is 7.10. The molecular formula is C16H24N2OS. The molecule has 0 atom stereocenters. The molecule has 0 radical (unpaired) electrons. The van der Waals surface area contributed by atoms with Crippen molar-refractivity contribution in [2.24, 2.45) is 0 Å². The molecule has 4 heteroatoms. The second kappa shape index (κ2) is 6.10. The molecule has 1 N–H and O–H groups in total. The number of nitrogens with zero attached hydrogens (tertiary/aromatic N) is 1. The summed E-state index contributed by atoms with van der Waals surface area (Å²) >= 11 is 1.71. The molecule has 0 saturated heterocycles. The number of furan rings is 1. The van der Waals surface area contributed by atoms with E-state index in [9.17, 15) is 0 Å². The molecule has 0 aliphatic carbocycles. The zero-order chi connectivity index (χ0) is 14.8. The van der Waals surface area contributed by atoms with Gasteiger partial charge in [-0.1, -0.05) is 34.6 Å². The molecule has 2 rings (SSSR count). The van der Waals surface area contributed by atoms with E-state index >= 15 is 0 Å². The van der Waals surface area contributed by atoms with Crippen molar-refractivity contribution in [2.75, 3.05) is 0 Å². The molecule has 0 bridgehead atoms. The zero-order valence-electron chi connectivity index (χ0n) is 13.0. The van der Waals surface area contributed by atoms with Crippen molar-refractivity contribution in [3.8, 4) is 0 Å². The summed E-state index contributed by atoms with van der Waals surface area (Å²) in [5.41, 5.74) is 1.27. The van der Waals surface area contributed by atoms with Gasteiger partial charge in [0.15, 0.2) is 0 Å². The quantitative estimate of drug-likeness (QED) is 0.900. The number of hydrogen-bond acceptors (Lipinski definition) is 4. The number of rotatable bonds is 5. The third kappa shape index (κ3) is 4.18. The van der Waals surface area contributed by atoms with Gasteiger partial charge in [0.2, 0.25) is 0 Å². The van der Waals surface area contributed by atoms with Crippen LogP contribution in [0.2, 0.25) is 0 Å². The molecule has 20 heavy (non-hydrogen) atoms. The molecular weight excluding hydrogens is 268 g/mol. The Balaban J connectivity index is 1.98. The van der Waals surface area contributed by atoms with Crippen molar-refractivity contribution in [3.63, 3.8) is 0 Å². The van der Waals surface area contributed by atoms with Gasteiger partial charge in [-0.3, -0.25) is 0 Å². The smallest absolute Gasteiger partial charge is 0.117 e. The molecule has 2 heterocycles. The number of aromatic nitrogens is 1. The monoisotopic (exact) mass is 292 g/mol. The largest absolute Gasteiger partial charge is 0.464 e. The maximum Gasteiger partial charge on any atom is 0.117 e. The molecule has 2 aromatic heterocycles. The first kappa shape index (κ1) is 15.3. The van der Waals surface area contributed by atoms with Crippen molar-refractivity contribution in [1.29, 1.82) is 0 Å². The Morgan fingerprint density at radius 1 is 1.25 bits per heavy atom. The third-order valence-electron chi connectivity index (χ3n) is 3.05. The van der Waals surface area contributed by atoms with E-state index in [1.807, 2.05) is 6.07 Å². The molecule has 0 spiro atoms. The van der Waals surface area contributed by atoms with Gasteiger partial charge in [0.25, 0.3) is 0 Å². The van der Waals surface area contributed by atoms with Crippen LogP contribution >= 0.6 is 11.3 Å². The summed E-state index contributed by atoms with van der Waals surface area (Å²) in [6.07, 6.45) is 0.780. The highest BCUT2D eigenvalue weighted by Gasteiger charge is 2.17. The molecule has 0 amide bonds. The van der Waals surface area contributed by atoms with Crippen molar-refractivity contribution in [2.45, 2.75) is 59.0 Å². The predicted molar refractivity (Wildman–Crippen MR) is 84.3 cm³/mol. The lowest BCUT2D eigenvalue weighted by Crippen LogP contribution is -2.21. The molecule has 3 nitrogen and oxygen atoms in total. The van der Waals surface area contributed by atoms with E-state index in [-0.39, 0.29) is 5.41 Å². The average Bonchev–Trinajstić information content (AvgIpc) is 2.95. The molecule has 2 aromatic rings. The van der Waals surface area contributed by atoms with Crippen LogP contribution in [-0.4, -0.2) is 11.0 Å². The van der Waals surface area contributed by atoms with Gasteiger partial charge >= 0.3 is 0 Å². The van der Waals surface area contributed by atoms with Gasteiger partial charge in [0.05, 0.1) is 18.7 Å². The summed E-state index contributed by atoms with van der Waals surface area (Å²) in [6.45, 7) is 11.6. The summed E-state index contributed by atoms with van der Waals surface area (Å²) in [5, 5.41) is 6.63. The minimum atomic E-state index is 0.115. The summed E-state index contributed by atoms with van der Waals surface area (Å²) < 4.78 is 5.84. The van der Waals surface area contributed by atoms with Gasteiger partial charge < -0.3 is 9.73 Å². The maximum atomic E-state index is 5.84. The van der Waals surface area contributed by atoms with E-state index in [4.69, 9.17) is 9.40 Å². The van der Waals surface area contributed by atoms with Crippen LogP contribution in [0.4, 0.5) is 0 Å². The topological polar surface area (TPSA) is 38.1 Å². The lowest BCUT2D eigenvalue weighted by molar-refractivity contribution is 0.440. The van der Waals surface area contributed by atoms with Crippen LogP contribution in [-0.2, 0) is 18.4 Å². The van der Waals surface area contributed by atoms with Gasteiger partial charge in [-0.2, -0.15) is 0 Å². The van der Waals surface area contributed by atoms with Gasteiger partial charge in [-0.15, -0.1) is 11.3 Å². The summed E-state index contributed by atoms with van der Waals surface area (Å²) in [6, 6.07) is 4.57. The summed E-state index contributed by atoms with van der Waals surface area (Å²) in [5.74, 6) is 1.97. The minimum Gasteiger partial charge on any atom is -0.464 e. The van der Waals surface area contributed by atoms with Crippen LogP contribution in [0, 0.1) is 0 Å². The maximum absolute atomic E-state index is 5.84. The number of nitrogens with one attached hydrogen (secondary N) is 1. The normalized spacial score (nSPS) is 12.3. The Kier molecular flexibility index (Phi) is 4.66. The van der Waals surface area contributed by atoms with Gasteiger partial charge in [0.1, 0.15) is 16.5 Å². The molecule has 0 aliphatic rings. The molecule has 0 aromatic carbocycles. The van der Waals surface area contributed by atoms with Gasteiger partial charge in [-0.05, 0) is 12.1 Å². The van der Waals surface area contributed by atoms with Crippen LogP contribution in [0.1, 0.15) is 56.8 Å². The number of thiazole rings is 1. The highest BCUT2D eigenvalue weighted by Crippen LogP contribution is 2.25. The predicted octanol–water partition coefficient (Wildman–Crippen LogP) is 4.12. The second-order valence-corrected chi connectivity index (χ2v) is 7.40. The average molecular weight is 292 g/mol. The molecule has 110 valence electrons. The fraction of sp³-hybridized carbons (Fsp3) is 0.562. The SMILES string of the molecule is CC(C)NCc1ccc(Cc2nc(C(C)(C)C)cs2)o1. The number of hydrogen-bond donors (Lipinski definition) is 1. The van der Waals surface area contributed by atoms with E-state index in [0.29, 0.717) is 6.04 Å². The van der Waals surface area contributed by atoms with Crippen molar-refractivity contribution in [3.05, 3.63) is 39.7 Å². The van der Waals surface area contributed by atoms with E-state index in [1.54, 1.807) is 11.3 Å². The van der Waals surface area contributed by atoms with E-state index in [2.05, 4.69) is 51.4 Å². The Morgan fingerprint density at radius 3 is 2.55 bits per heavy atom. The standard InChI is InChI=1S/C16H24N2OS/c1-11(2)17-9-13-7-6-12(19-13)8-15-18-14(10-20-15)16(3,4)5/h6-7,10-11,17H,8-9H2,1-5H3. The molecule has 0 unspecified atom stereocenters. The fourth-order valence-corrected chi connectivity index (χ4v) is 2.83. The van der Waals surface area contributed by atoms with Crippen LogP contribution in [0.5, 0.6) is 0 Å². The first-order chi connectivity index (χ1) is 9.34. The highest BCUT2D eigenvalue weighted by atomic mass is 32.1. The third-order valence-corrected chi connectivity index (χ3v) is 3.90. The Hall–Kier alpha value is -1.13.